The molecule has 0 bridgehead atoms. The fraction of sp³-hybridized carbons (Fsp3) is 0.308. The van der Waals surface area contributed by atoms with Gasteiger partial charge in [0.25, 0.3) is 0 Å². The van der Waals surface area contributed by atoms with Gasteiger partial charge in [0.05, 0.1) is 24.4 Å². The number of ether oxygens (including phenoxy) is 1. The molecule has 3 rings (SSSR count). The van der Waals surface area contributed by atoms with Crippen molar-refractivity contribution in [2.75, 3.05) is 31.7 Å². The van der Waals surface area contributed by atoms with Gasteiger partial charge >= 0.3 is 5.97 Å². The predicted molar refractivity (Wildman–Crippen MR) is 72.5 cm³/mol. The van der Waals surface area contributed by atoms with E-state index < -0.39 is 5.97 Å². The summed E-state index contributed by atoms with van der Waals surface area (Å²) >= 11 is 0. The molecule has 0 saturated carbocycles. The number of hydrogen-bond acceptors (Lipinski definition) is 6. The van der Waals surface area contributed by atoms with Crippen molar-refractivity contribution in [3.05, 3.63) is 30.0 Å². The molecule has 0 unspecified atom stereocenters. The zero-order valence-electron chi connectivity index (χ0n) is 10.7. The molecule has 7 nitrogen and oxygen atoms in total. The van der Waals surface area contributed by atoms with Gasteiger partial charge in [-0.25, -0.2) is 9.80 Å². The molecule has 2 aromatic rings. The molecule has 0 atom stereocenters. The lowest BCUT2D eigenvalue weighted by atomic mass is 10.1. The van der Waals surface area contributed by atoms with E-state index in [4.69, 9.17) is 4.74 Å². The van der Waals surface area contributed by atoms with Crippen LogP contribution in [-0.4, -0.2) is 52.6 Å². The van der Waals surface area contributed by atoms with Crippen molar-refractivity contribution in [2.45, 2.75) is 0 Å². The van der Waals surface area contributed by atoms with E-state index in [1.807, 2.05) is 23.2 Å². The first-order valence-corrected chi connectivity index (χ1v) is 6.34. The van der Waals surface area contributed by atoms with Gasteiger partial charge in [-0.2, -0.15) is 0 Å². The number of carboxylic acid groups (broad SMARTS) is 1. The molecule has 0 aliphatic carbocycles. The maximum atomic E-state index is 11.3. The van der Waals surface area contributed by atoms with Crippen LogP contribution in [0.5, 0.6) is 0 Å². The number of benzene rings is 1. The number of rotatable bonds is 3. The Kier molecular flexibility index (Phi) is 3.44. The summed E-state index contributed by atoms with van der Waals surface area (Å²) in [6.07, 6.45) is 0. The van der Waals surface area contributed by atoms with Gasteiger partial charge in [0.15, 0.2) is 5.69 Å². The third-order valence-corrected chi connectivity index (χ3v) is 3.15. The van der Waals surface area contributed by atoms with Crippen molar-refractivity contribution in [1.29, 1.82) is 0 Å². The van der Waals surface area contributed by atoms with Gasteiger partial charge in [0.2, 0.25) is 0 Å². The summed E-state index contributed by atoms with van der Waals surface area (Å²) in [6, 6.07) is 7.33. The Hall–Kier alpha value is -2.25. The lowest BCUT2D eigenvalue weighted by molar-refractivity contribution is 0.0495. The maximum Gasteiger partial charge on any atom is 0.358 e. The SMILES string of the molecule is O=C(O)c1nnc2ccccc2c1NN1CCOCC1. The van der Waals surface area contributed by atoms with Crippen LogP contribution >= 0.6 is 0 Å². The topological polar surface area (TPSA) is 87.6 Å². The second-order valence-electron chi connectivity index (χ2n) is 4.46. The smallest absolute Gasteiger partial charge is 0.358 e. The molecule has 1 aromatic carbocycles. The summed E-state index contributed by atoms with van der Waals surface area (Å²) < 4.78 is 5.28. The maximum absolute atomic E-state index is 11.3. The minimum atomic E-state index is -1.10. The van der Waals surface area contributed by atoms with Crippen LogP contribution in [0, 0.1) is 0 Å². The molecule has 2 heterocycles. The van der Waals surface area contributed by atoms with Gasteiger partial charge in [0, 0.05) is 18.5 Å². The van der Waals surface area contributed by atoms with Gasteiger partial charge in [-0.1, -0.05) is 18.2 Å². The number of aromatic carboxylic acids is 1. The number of morpholine rings is 1. The fourth-order valence-electron chi connectivity index (χ4n) is 2.15. The highest BCUT2D eigenvalue weighted by molar-refractivity contribution is 6.02. The van der Waals surface area contributed by atoms with E-state index in [-0.39, 0.29) is 5.69 Å². The molecule has 0 spiro atoms. The van der Waals surface area contributed by atoms with Gasteiger partial charge in [-0.3, -0.25) is 0 Å². The number of carbonyl (C=O) groups is 1. The molecule has 0 amide bonds. The van der Waals surface area contributed by atoms with E-state index in [1.165, 1.54) is 0 Å². The summed E-state index contributed by atoms with van der Waals surface area (Å²) in [6.45, 7) is 2.61. The van der Waals surface area contributed by atoms with Gasteiger partial charge < -0.3 is 15.3 Å². The minimum Gasteiger partial charge on any atom is -0.476 e. The minimum absolute atomic E-state index is 0.0739. The second-order valence-corrected chi connectivity index (χ2v) is 4.46. The normalized spacial score (nSPS) is 16.2. The Morgan fingerprint density at radius 2 is 2.00 bits per heavy atom. The highest BCUT2D eigenvalue weighted by atomic mass is 16.5. The van der Waals surface area contributed by atoms with Crippen LogP contribution < -0.4 is 5.43 Å². The van der Waals surface area contributed by atoms with Gasteiger partial charge in [-0.15, -0.1) is 10.2 Å². The average molecular weight is 274 g/mol. The average Bonchev–Trinajstić information content (AvgIpc) is 2.48. The Balaban J connectivity index is 2.04. The van der Waals surface area contributed by atoms with Crippen molar-refractivity contribution in [3.63, 3.8) is 0 Å². The molecule has 0 radical (unpaired) electrons. The number of carboxylic acids is 1. The molecule has 7 heteroatoms. The highest BCUT2D eigenvalue weighted by Crippen LogP contribution is 2.25. The molecule has 1 fully saturated rings. The summed E-state index contributed by atoms with van der Waals surface area (Å²) in [5, 5.41) is 19.7. The van der Waals surface area contributed by atoms with Crippen LogP contribution in [-0.2, 0) is 4.74 Å². The van der Waals surface area contributed by atoms with Gasteiger partial charge in [-0.05, 0) is 6.07 Å². The van der Waals surface area contributed by atoms with Crippen molar-refractivity contribution in [1.82, 2.24) is 15.2 Å². The lowest BCUT2D eigenvalue weighted by Gasteiger charge is -2.28. The quantitative estimate of drug-likeness (QED) is 0.862. The summed E-state index contributed by atoms with van der Waals surface area (Å²) in [4.78, 5) is 11.3. The van der Waals surface area contributed by atoms with Crippen LogP contribution in [0.1, 0.15) is 10.5 Å². The molecular weight excluding hydrogens is 260 g/mol. The number of hydrogen-bond donors (Lipinski definition) is 2. The summed E-state index contributed by atoms with van der Waals surface area (Å²) in [5.74, 6) is -1.10. The number of anilines is 1. The lowest BCUT2D eigenvalue weighted by Crippen LogP contribution is -2.40. The third kappa shape index (κ3) is 2.40. The standard InChI is InChI=1S/C13H14N4O3/c18-13(19)12-11(16-17-5-7-20-8-6-17)9-3-1-2-4-10(9)14-15-12/h1-4H,5-8H2,(H,14,16)(H,18,19). The van der Waals surface area contributed by atoms with Crippen LogP contribution in [0.4, 0.5) is 5.69 Å². The Morgan fingerprint density at radius 1 is 1.25 bits per heavy atom. The van der Waals surface area contributed by atoms with Crippen molar-refractivity contribution >= 4 is 22.6 Å². The van der Waals surface area contributed by atoms with E-state index >= 15 is 0 Å². The highest BCUT2D eigenvalue weighted by Gasteiger charge is 2.19. The Labute approximate surface area is 115 Å². The molecule has 20 heavy (non-hydrogen) atoms. The van der Waals surface area contributed by atoms with Crippen LogP contribution in [0.3, 0.4) is 0 Å². The number of nitrogens with zero attached hydrogens (tertiary/aromatic N) is 3. The predicted octanol–water partition coefficient (Wildman–Crippen LogP) is 0.987. The monoisotopic (exact) mass is 274 g/mol. The van der Waals surface area contributed by atoms with E-state index in [9.17, 15) is 9.90 Å². The zero-order valence-corrected chi connectivity index (χ0v) is 10.7. The molecular formula is C13H14N4O3. The first kappa shape index (κ1) is 12.8. The molecule has 1 aliphatic heterocycles. The molecule has 104 valence electrons. The molecule has 1 aromatic heterocycles. The van der Waals surface area contributed by atoms with Crippen molar-refractivity contribution in [2.24, 2.45) is 0 Å². The van der Waals surface area contributed by atoms with E-state index in [0.29, 0.717) is 37.5 Å². The zero-order chi connectivity index (χ0) is 13.9. The van der Waals surface area contributed by atoms with Crippen LogP contribution in [0.15, 0.2) is 24.3 Å². The molecule has 1 saturated heterocycles. The van der Waals surface area contributed by atoms with Crippen molar-refractivity contribution in [3.8, 4) is 0 Å². The number of aromatic nitrogens is 2. The number of fused-ring (bicyclic) bond motifs is 1. The Morgan fingerprint density at radius 3 is 2.75 bits per heavy atom. The molecule has 1 aliphatic rings. The van der Waals surface area contributed by atoms with E-state index in [0.717, 1.165) is 5.39 Å². The van der Waals surface area contributed by atoms with Crippen molar-refractivity contribution < 1.29 is 14.6 Å². The first-order valence-electron chi connectivity index (χ1n) is 6.34. The first-order chi connectivity index (χ1) is 9.75. The largest absolute Gasteiger partial charge is 0.476 e. The number of hydrazine groups is 1. The van der Waals surface area contributed by atoms with Gasteiger partial charge in [0.1, 0.15) is 0 Å². The van der Waals surface area contributed by atoms with E-state index in [2.05, 4.69) is 15.6 Å². The summed E-state index contributed by atoms with van der Waals surface area (Å²) in [7, 11) is 0. The van der Waals surface area contributed by atoms with Crippen LogP contribution in [0.25, 0.3) is 10.9 Å². The third-order valence-electron chi connectivity index (χ3n) is 3.15. The number of nitrogens with one attached hydrogen (secondary N) is 1. The van der Waals surface area contributed by atoms with E-state index in [1.54, 1.807) is 6.07 Å². The second kappa shape index (κ2) is 5.40. The Bertz CT molecular complexity index is 641. The molecule has 2 N–H and O–H groups in total. The summed E-state index contributed by atoms with van der Waals surface area (Å²) in [5.41, 5.74) is 4.21. The fourth-order valence-corrected chi connectivity index (χ4v) is 2.15. The van der Waals surface area contributed by atoms with Crippen LogP contribution in [0.2, 0.25) is 0 Å².